The molecule has 27 heavy (non-hydrogen) atoms. The van der Waals surface area contributed by atoms with Crippen LogP contribution < -0.4 is 0 Å². The number of carboxylic acid groups (broad SMARTS) is 1. The number of aryl methyl sites for hydroxylation is 1. The molecule has 0 unspecified atom stereocenters. The standard InChI is InChI=1S/C19H17N3O4S/c1-3-17-20-19(22-21-17)27-16(18(24)25)10-14-8-9-15(26-14)13-6-4-12(5-7-13)11(2)23/h4-10H,3H2,1-2H3,(H,24,25)(H,20,21,22)/b16-10-. The molecule has 0 amide bonds. The van der Waals surface area contributed by atoms with Gasteiger partial charge in [0, 0.05) is 23.6 Å². The van der Waals surface area contributed by atoms with Crippen LogP contribution in [0.2, 0.25) is 0 Å². The number of hydrogen-bond acceptors (Lipinski definition) is 6. The van der Waals surface area contributed by atoms with Crippen LogP contribution in [0.1, 0.15) is 35.8 Å². The van der Waals surface area contributed by atoms with Crippen LogP contribution in [0.3, 0.4) is 0 Å². The lowest BCUT2D eigenvalue weighted by molar-refractivity contribution is -0.131. The summed E-state index contributed by atoms with van der Waals surface area (Å²) in [5, 5.41) is 16.5. The van der Waals surface area contributed by atoms with Crippen molar-refractivity contribution in [3.05, 3.63) is 58.5 Å². The summed E-state index contributed by atoms with van der Waals surface area (Å²) in [5.74, 6) is 0.572. The number of aromatic amines is 1. The quantitative estimate of drug-likeness (QED) is 0.360. The van der Waals surface area contributed by atoms with E-state index < -0.39 is 5.97 Å². The zero-order valence-corrected chi connectivity index (χ0v) is 15.5. The Hall–Kier alpha value is -3.13. The Balaban J connectivity index is 1.82. The Kier molecular flexibility index (Phi) is 5.56. The molecule has 0 saturated carbocycles. The van der Waals surface area contributed by atoms with Gasteiger partial charge in [0.2, 0.25) is 5.16 Å². The van der Waals surface area contributed by atoms with Gasteiger partial charge in [-0.2, -0.15) is 0 Å². The summed E-state index contributed by atoms with van der Waals surface area (Å²) in [7, 11) is 0. The number of carboxylic acids is 1. The second kappa shape index (κ2) is 8.05. The van der Waals surface area contributed by atoms with Crippen LogP contribution in [0, 0.1) is 0 Å². The number of furan rings is 1. The molecule has 0 radical (unpaired) electrons. The average Bonchev–Trinajstić information content (AvgIpc) is 3.30. The lowest BCUT2D eigenvalue weighted by Gasteiger charge is -1.99. The number of benzene rings is 1. The third-order valence-electron chi connectivity index (χ3n) is 3.73. The Morgan fingerprint density at radius 3 is 2.56 bits per heavy atom. The molecule has 0 bridgehead atoms. The van der Waals surface area contributed by atoms with E-state index in [1.165, 1.54) is 13.0 Å². The minimum absolute atomic E-state index is 0.00838. The van der Waals surface area contributed by atoms with Crippen LogP contribution >= 0.6 is 11.8 Å². The van der Waals surface area contributed by atoms with Gasteiger partial charge < -0.3 is 9.52 Å². The molecule has 1 aromatic carbocycles. The van der Waals surface area contributed by atoms with Crippen molar-refractivity contribution < 1.29 is 19.1 Å². The first-order valence-corrected chi connectivity index (χ1v) is 9.03. The molecule has 8 heteroatoms. The van der Waals surface area contributed by atoms with E-state index in [2.05, 4.69) is 15.2 Å². The van der Waals surface area contributed by atoms with E-state index in [9.17, 15) is 14.7 Å². The Morgan fingerprint density at radius 2 is 1.96 bits per heavy atom. The predicted octanol–water partition coefficient (Wildman–Crippen LogP) is 4.05. The third-order valence-corrected chi connectivity index (χ3v) is 4.61. The zero-order valence-electron chi connectivity index (χ0n) is 14.7. The maximum absolute atomic E-state index is 11.5. The van der Waals surface area contributed by atoms with Gasteiger partial charge in [-0.15, -0.1) is 5.10 Å². The fraction of sp³-hybridized carbons (Fsp3) is 0.158. The van der Waals surface area contributed by atoms with Gasteiger partial charge in [0.25, 0.3) is 0 Å². The molecule has 0 aliphatic carbocycles. The van der Waals surface area contributed by atoms with Gasteiger partial charge in [-0.05, 0) is 30.8 Å². The van der Waals surface area contributed by atoms with Crippen LogP contribution in [0.4, 0.5) is 0 Å². The summed E-state index contributed by atoms with van der Waals surface area (Å²) in [6.07, 6.45) is 2.12. The zero-order chi connectivity index (χ0) is 19.4. The molecule has 7 nitrogen and oxygen atoms in total. The number of H-pyrrole nitrogens is 1. The number of carbonyl (C=O) groups is 2. The van der Waals surface area contributed by atoms with E-state index in [1.54, 1.807) is 36.4 Å². The molecule has 2 aromatic heterocycles. The van der Waals surface area contributed by atoms with Gasteiger partial charge in [0.05, 0.1) is 0 Å². The molecule has 0 atom stereocenters. The second-order valence-electron chi connectivity index (χ2n) is 5.67. The first-order chi connectivity index (χ1) is 13.0. The first kappa shape index (κ1) is 18.7. The summed E-state index contributed by atoms with van der Waals surface area (Å²) in [5.41, 5.74) is 1.42. The molecule has 0 spiro atoms. The van der Waals surface area contributed by atoms with Crippen molar-refractivity contribution in [1.29, 1.82) is 0 Å². The summed E-state index contributed by atoms with van der Waals surface area (Å²) in [4.78, 5) is 27.1. The lowest BCUT2D eigenvalue weighted by atomic mass is 10.1. The normalized spacial score (nSPS) is 11.6. The van der Waals surface area contributed by atoms with E-state index in [0.29, 0.717) is 34.5 Å². The third kappa shape index (κ3) is 4.53. The Bertz CT molecular complexity index is 1000. The highest BCUT2D eigenvalue weighted by Gasteiger charge is 2.15. The van der Waals surface area contributed by atoms with Crippen LogP contribution in [-0.4, -0.2) is 32.0 Å². The number of carbonyl (C=O) groups excluding carboxylic acids is 1. The van der Waals surface area contributed by atoms with Crippen LogP contribution in [0.15, 0.2) is 50.9 Å². The summed E-state index contributed by atoms with van der Waals surface area (Å²) < 4.78 is 5.73. The van der Waals surface area contributed by atoms with E-state index in [4.69, 9.17) is 4.42 Å². The smallest absolute Gasteiger partial charge is 0.342 e. The van der Waals surface area contributed by atoms with Crippen molar-refractivity contribution in [2.24, 2.45) is 0 Å². The van der Waals surface area contributed by atoms with Gasteiger partial charge in [-0.25, -0.2) is 9.78 Å². The summed E-state index contributed by atoms with van der Waals surface area (Å²) in [6.45, 7) is 3.43. The van der Waals surface area contributed by atoms with Crippen molar-refractivity contribution in [2.45, 2.75) is 25.4 Å². The Labute approximate surface area is 159 Å². The number of nitrogens with zero attached hydrogens (tertiary/aromatic N) is 2. The molecule has 0 fully saturated rings. The van der Waals surface area contributed by atoms with Crippen molar-refractivity contribution in [1.82, 2.24) is 15.2 Å². The summed E-state index contributed by atoms with van der Waals surface area (Å²) >= 11 is 0.949. The number of ketones is 1. The molecular formula is C19H17N3O4S. The monoisotopic (exact) mass is 383 g/mol. The maximum Gasteiger partial charge on any atom is 0.342 e. The number of nitrogens with one attached hydrogen (secondary N) is 1. The number of thioether (sulfide) groups is 1. The highest BCUT2D eigenvalue weighted by molar-refractivity contribution is 8.04. The highest BCUT2D eigenvalue weighted by Crippen LogP contribution is 2.28. The number of aromatic nitrogens is 3. The van der Waals surface area contributed by atoms with Crippen LogP contribution in [0.25, 0.3) is 17.4 Å². The lowest BCUT2D eigenvalue weighted by Crippen LogP contribution is -1.97. The van der Waals surface area contributed by atoms with Crippen LogP contribution in [-0.2, 0) is 11.2 Å². The molecule has 0 aliphatic heterocycles. The van der Waals surface area contributed by atoms with Gasteiger partial charge in [0.15, 0.2) is 5.78 Å². The molecule has 3 aromatic rings. The largest absolute Gasteiger partial charge is 0.477 e. The molecule has 138 valence electrons. The molecular weight excluding hydrogens is 366 g/mol. The van der Waals surface area contributed by atoms with E-state index >= 15 is 0 Å². The predicted molar refractivity (Wildman–Crippen MR) is 101 cm³/mol. The molecule has 3 rings (SSSR count). The van der Waals surface area contributed by atoms with Gasteiger partial charge in [0.1, 0.15) is 22.3 Å². The van der Waals surface area contributed by atoms with E-state index in [1.807, 2.05) is 6.92 Å². The number of rotatable bonds is 7. The van der Waals surface area contributed by atoms with Crippen molar-refractivity contribution in [3.8, 4) is 11.3 Å². The first-order valence-electron chi connectivity index (χ1n) is 8.21. The van der Waals surface area contributed by atoms with E-state index in [0.717, 1.165) is 17.3 Å². The average molecular weight is 383 g/mol. The fourth-order valence-electron chi connectivity index (χ4n) is 2.30. The van der Waals surface area contributed by atoms with Gasteiger partial charge in [-0.3, -0.25) is 9.89 Å². The molecule has 2 N–H and O–H groups in total. The van der Waals surface area contributed by atoms with Crippen molar-refractivity contribution in [3.63, 3.8) is 0 Å². The number of hydrogen-bond donors (Lipinski definition) is 2. The maximum atomic E-state index is 11.5. The molecule has 0 saturated heterocycles. The second-order valence-corrected chi connectivity index (χ2v) is 6.68. The SMILES string of the molecule is CCc1nc(S/C(=C\c2ccc(-c3ccc(C(C)=O)cc3)o2)C(=O)O)n[nH]1. The van der Waals surface area contributed by atoms with Gasteiger partial charge in [-0.1, -0.05) is 31.2 Å². The fourth-order valence-corrected chi connectivity index (χ4v) is 3.00. The minimum Gasteiger partial charge on any atom is -0.477 e. The topological polar surface area (TPSA) is 109 Å². The van der Waals surface area contributed by atoms with Crippen molar-refractivity contribution >= 4 is 29.6 Å². The van der Waals surface area contributed by atoms with Crippen molar-refractivity contribution in [2.75, 3.05) is 0 Å². The summed E-state index contributed by atoms with van der Waals surface area (Å²) in [6, 6.07) is 10.5. The van der Waals surface area contributed by atoms with E-state index in [-0.39, 0.29) is 10.7 Å². The van der Waals surface area contributed by atoms with Crippen LogP contribution in [0.5, 0.6) is 0 Å². The number of Topliss-reactive ketones (excluding diaryl/α,β-unsaturated/α-hetero) is 1. The highest BCUT2D eigenvalue weighted by atomic mass is 32.2. The molecule has 0 aliphatic rings. The Morgan fingerprint density at radius 1 is 1.22 bits per heavy atom. The molecule has 2 heterocycles. The number of aliphatic carboxylic acids is 1. The van der Waals surface area contributed by atoms with Gasteiger partial charge >= 0.3 is 5.97 Å². The minimum atomic E-state index is -1.09.